The van der Waals surface area contributed by atoms with Gasteiger partial charge in [-0.25, -0.2) is 8.78 Å². The maximum Gasteiger partial charge on any atom is 1.00 e. The molecule has 0 aliphatic heterocycles. The summed E-state index contributed by atoms with van der Waals surface area (Å²) in [5, 5.41) is 14.6. The van der Waals surface area contributed by atoms with Crippen molar-refractivity contribution in [1.82, 2.24) is 10.3 Å². The number of nitrogens with one attached hydrogen (secondary N) is 2. The van der Waals surface area contributed by atoms with E-state index >= 15 is 0 Å². The van der Waals surface area contributed by atoms with Crippen LogP contribution >= 0.6 is 0 Å². The number of carboxylic acid groups (broad SMARTS) is 1. The number of rotatable bonds is 6. The van der Waals surface area contributed by atoms with Crippen molar-refractivity contribution < 1.29 is 53.0 Å². The fraction of sp³-hybridized carbons (Fsp3) is 0.100. The molecule has 0 radical (unpaired) electrons. The minimum Gasteiger partial charge on any atom is -0.548 e. The Hall–Kier alpha value is -2.48. The smallest absolute Gasteiger partial charge is 0.548 e. The Kier molecular flexibility index (Phi) is 7.51. The van der Waals surface area contributed by atoms with Crippen LogP contribution in [0.3, 0.4) is 0 Å². The van der Waals surface area contributed by atoms with Crippen LogP contribution in [0.25, 0.3) is 17.0 Å². The third kappa shape index (κ3) is 5.28. The minimum absolute atomic E-state index is 0. The van der Waals surface area contributed by atoms with Crippen molar-refractivity contribution in [3.8, 4) is 0 Å². The summed E-state index contributed by atoms with van der Waals surface area (Å²) in [5.74, 6) is -3.72. The Morgan fingerprint density at radius 1 is 1.18 bits per heavy atom. The van der Waals surface area contributed by atoms with Crippen molar-refractivity contribution in [2.24, 2.45) is 0 Å². The number of H-pyrrole nitrogens is 1. The van der Waals surface area contributed by atoms with Gasteiger partial charge in [0.1, 0.15) is 11.6 Å². The van der Waals surface area contributed by atoms with E-state index in [0.29, 0.717) is 11.6 Å². The number of aliphatic carboxylic acids is 1. The first kappa shape index (κ1) is 21.8. The predicted molar refractivity (Wildman–Crippen MR) is 94.3 cm³/mol. The molecule has 28 heavy (non-hydrogen) atoms. The molecule has 1 atom stereocenters. The zero-order valence-electron chi connectivity index (χ0n) is 15.0. The summed E-state index contributed by atoms with van der Waals surface area (Å²) in [6.07, 6.45) is 3.83. The van der Waals surface area contributed by atoms with Crippen LogP contribution in [0.2, 0.25) is 0 Å². The number of amides is 1. The molecule has 138 valence electrons. The van der Waals surface area contributed by atoms with Crippen molar-refractivity contribution in [2.75, 3.05) is 0 Å². The fourth-order valence-electron chi connectivity index (χ4n) is 2.74. The van der Waals surface area contributed by atoms with Crippen LogP contribution in [-0.2, 0) is 16.0 Å². The molecule has 0 fully saturated rings. The van der Waals surface area contributed by atoms with E-state index in [2.05, 4.69) is 10.3 Å². The molecule has 0 spiro atoms. The third-order valence-corrected chi connectivity index (χ3v) is 4.08. The Morgan fingerprint density at radius 2 is 1.93 bits per heavy atom. The number of halogens is 2. The van der Waals surface area contributed by atoms with Crippen LogP contribution < -0.4 is 40.0 Å². The summed E-state index contributed by atoms with van der Waals surface area (Å²) < 4.78 is 26.4. The van der Waals surface area contributed by atoms with E-state index in [9.17, 15) is 23.5 Å². The first-order valence-electron chi connectivity index (χ1n) is 8.13. The summed E-state index contributed by atoms with van der Waals surface area (Å²) in [7, 11) is 0. The van der Waals surface area contributed by atoms with Gasteiger partial charge in [0.25, 0.3) is 0 Å². The number of carbonyl (C=O) groups is 2. The average Bonchev–Trinajstić information content (AvgIpc) is 3.03. The normalized spacial score (nSPS) is 11.9. The molecule has 2 N–H and O–H groups in total. The molecule has 3 rings (SSSR count). The number of fused-ring (bicyclic) bond motifs is 1. The number of carboxylic acids is 1. The van der Waals surface area contributed by atoms with Crippen LogP contribution in [0.15, 0.2) is 54.7 Å². The maximum atomic E-state index is 13.6. The summed E-state index contributed by atoms with van der Waals surface area (Å²) in [6.45, 7) is 0. The predicted octanol–water partition coefficient (Wildman–Crippen LogP) is -1.06. The average molecular weight is 392 g/mol. The summed E-state index contributed by atoms with van der Waals surface area (Å²) in [4.78, 5) is 26.4. The molecular formula is C20H15F2N2NaO3. The van der Waals surface area contributed by atoms with Crippen molar-refractivity contribution in [2.45, 2.75) is 12.5 Å². The van der Waals surface area contributed by atoms with Crippen LogP contribution in [0, 0.1) is 11.6 Å². The number of aromatic nitrogens is 1. The van der Waals surface area contributed by atoms with Crippen LogP contribution in [0.4, 0.5) is 8.78 Å². The molecular weight excluding hydrogens is 377 g/mol. The molecule has 0 saturated heterocycles. The molecule has 1 heterocycles. The molecule has 5 nitrogen and oxygen atoms in total. The second-order valence-electron chi connectivity index (χ2n) is 5.94. The molecule has 0 saturated carbocycles. The van der Waals surface area contributed by atoms with Gasteiger partial charge in [0, 0.05) is 41.2 Å². The molecule has 0 unspecified atom stereocenters. The number of hydrogen-bond acceptors (Lipinski definition) is 3. The first-order chi connectivity index (χ1) is 12.9. The second kappa shape index (κ2) is 9.64. The van der Waals surface area contributed by atoms with Gasteiger partial charge in [0.2, 0.25) is 5.91 Å². The van der Waals surface area contributed by atoms with Crippen molar-refractivity contribution >= 4 is 28.9 Å². The Morgan fingerprint density at radius 3 is 2.64 bits per heavy atom. The van der Waals surface area contributed by atoms with E-state index in [4.69, 9.17) is 0 Å². The number of para-hydroxylation sites is 1. The third-order valence-electron chi connectivity index (χ3n) is 4.08. The second-order valence-corrected chi connectivity index (χ2v) is 5.94. The van der Waals surface area contributed by atoms with Crippen LogP contribution in [-0.4, -0.2) is 22.9 Å². The SMILES string of the molecule is O=C(C=Cc1ccc(F)cc1F)N[C@@H](Cc1c[nH]c2ccccc12)C(=O)[O-].[Na+]. The summed E-state index contributed by atoms with van der Waals surface area (Å²) in [5.41, 5.74) is 1.57. The van der Waals surface area contributed by atoms with E-state index in [1.807, 2.05) is 24.3 Å². The molecule has 2 aromatic carbocycles. The van der Waals surface area contributed by atoms with E-state index in [1.165, 1.54) is 6.07 Å². The molecule has 0 aliphatic rings. The van der Waals surface area contributed by atoms with E-state index in [0.717, 1.165) is 29.1 Å². The van der Waals surface area contributed by atoms with Gasteiger partial charge in [-0.3, -0.25) is 4.79 Å². The Balaban J connectivity index is 0.00000280. The quantitative estimate of drug-likeness (QED) is 0.414. The summed E-state index contributed by atoms with van der Waals surface area (Å²) >= 11 is 0. The summed E-state index contributed by atoms with van der Waals surface area (Å²) in [6, 6.07) is 9.03. The molecule has 0 bridgehead atoms. The van der Waals surface area contributed by atoms with Crippen LogP contribution in [0.1, 0.15) is 11.1 Å². The maximum absolute atomic E-state index is 13.6. The Labute approximate surface area is 181 Å². The molecule has 0 aliphatic carbocycles. The number of hydrogen-bond donors (Lipinski definition) is 2. The van der Waals surface area contributed by atoms with Gasteiger partial charge in [-0.05, 0) is 29.8 Å². The molecule has 1 aromatic heterocycles. The molecule has 1 amide bonds. The molecule has 8 heteroatoms. The van der Waals surface area contributed by atoms with Gasteiger partial charge in [-0.2, -0.15) is 0 Å². The van der Waals surface area contributed by atoms with E-state index < -0.39 is 29.6 Å². The largest absolute Gasteiger partial charge is 1.00 e. The number of aromatic amines is 1. The zero-order chi connectivity index (χ0) is 19.4. The van der Waals surface area contributed by atoms with Gasteiger partial charge in [-0.15, -0.1) is 0 Å². The minimum atomic E-state index is -1.44. The van der Waals surface area contributed by atoms with Crippen molar-refractivity contribution in [1.29, 1.82) is 0 Å². The molecule has 3 aromatic rings. The van der Waals surface area contributed by atoms with Gasteiger partial charge >= 0.3 is 29.6 Å². The van der Waals surface area contributed by atoms with E-state index in [1.54, 1.807) is 6.20 Å². The monoisotopic (exact) mass is 392 g/mol. The van der Waals surface area contributed by atoms with Gasteiger partial charge in [0.05, 0.1) is 12.0 Å². The van der Waals surface area contributed by atoms with Gasteiger partial charge in [0.15, 0.2) is 0 Å². The zero-order valence-corrected chi connectivity index (χ0v) is 17.0. The number of benzene rings is 2. The number of carbonyl (C=O) groups excluding carboxylic acids is 2. The Bertz CT molecular complexity index is 1030. The van der Waals surface area contributed by atoms with E-state index in [-0.39, 0.29) is 41.5 Å². The first-order valence-corrected chi connectivity index (χ1v) is 8.13. The van der Waals surface area contributed by atoms with Crippen molar-refractivity contribution in [3.05, 3.63) is 77.5 Å². The van der Waals surface area contributed by atoms with Gasteiger partial charge in [-0.1, -0.05) is 18.2 Å². The van der Waals surface area contributed by atoms with Crippen LogP contribution in [0.5, 0.6) is 0 Å². The van der Waals surface area contributed by atoms with Gasteiger partial charge < -0.3 is 20.2 Å². The standard InChI is InChI=1S/C20H16F2N2O3.Na/c21-14-7-5-12(16(22)10-14)6-8-19(25)24-18(20(26)27)9-13-11-23-17-4-2-1-3-15(13)17;/h1-8,10-11,18,23H,9H2,(H,24,25)(H,26,27);/q;+1/p-1/t18-;/m0./s1. The topological polar surface area (TPSA) is 85.0 Å². The fourth-order valence-corrected chi connectivity index (χ4v) is 2.74. The van der Waals surface area contributed by atoms with Crippen molar-refractivity contribution in [3.63, 3.8) is 0 Å².